The monoisotopic (exact) mass is 336 g/mol. The standard InChI is InChI=1S/C13H16BrF3N2/c14-8-5-6-11(9(7-8)13(15,16)17)19-12-4-2-1-3-10(12)18/h5-7,10,12,19H,1-4,18H2/t10-,12-/m1/s1. The fraction of sp³-hybridized carbons (Fsp3) is 0.538. The molecule has 106 valence electrons. The average molecular weight is 337 g/mol. The molecule has 19 heavy (non-hydrogen) atoms. The van der Waals surface area contributed by atoms with E-state index in [9.17, 15) is 13.2 Å². The third kappa shape index (κ3) is 3.63. The van der Waals surface area contributed by atoms with Gasteiger partial charge in [-0.25, -0.2) is 0 Å². The van der Waals surface area contributed by atoms with Crippen LogP contribution in [0.15, 0.2) is 22.7 Å². The van der Waals surface area contributed by atoms with Gasteiger partial charge < -0.3 is 11.1 Å². The molecule has 1 aromatic carbocycles. The van der Waals surface area contributed by atoms with Gasteiger partial charge in [0.25, 0.3) is 0 Å². The Hall–Kier alpha value is -0.750. The molecule has 2 nitrogen and oxygen atoms in total. The summed E-state index contributed by atoms with van der Waals surface area (Å²) >= 11 is 3.07. The molecular weight excluding hydrogens is 321 g/mol. The second-order valence-electron chi connectivity index (χ2n) is 4.89. The van der Waals surface area contributed by atoms with Crippen molar-refractivity contribution in [3.05, 3.63) is 28.2 Å². The summed E-state index contributed by atoms with van der Waals surface area (Å²) in [4.78, 5) is 0. The molecule has 0 bridgehead atoms. The third-order valence-corrected chi connectivity index (χ3v) is 3.94. The zero-order valence-electron chi connectivity index (χ0n) is 10.3. The number of alkyl halides is 3. The van der Waals surface area contributed by atoms with Crippen LogP contribution in [-0.4, -0.2) is 12.1 Å². The van der Waals surface area contributed by atoms with E-state index in [-0.39, 0.29) is 17.8 Å². The van der Waals surface area contributed by atoms with E-state index in [0.29, 0.717) is 4.47 Å². The maximum absolute atomic E-state index is 13.0. The topological polar surface area (TPSA) is 38.0 Å². The van der Waals surface area contributed by atoms with Gasteiger partial charge in [0.05, 0.1) is 5.56 Å². The van der Waals surface area contributed by atoms with E-state index in [1.165, 1.54) is 6.07 Å². The van der Waals surface area contributed by atoms with E-state index in [2.05, 4.69) is 21.2 Å². The number of hydrogen-bond acceptors (Lipinski definition) is 2. The summed E-state index contributed by atoms with van der Waals surface area (Å²) in [5, 5.41) is 2.97. The minimum Gasteiger partial charge on any atom is -0.380 e. The summed E-state index contributed by atoms with van der Waals surface area (Å²) in [6, 6.07) is 3.98. The van der Waals surface area contributed by atoms with Crippen LogP contribution < -0.4 is 11.1 Å². The smallest absolute Gasteiger partial charge is 0.380 e. The second kappa shape index (κ2) is 5.71. The lowest BCUT2D eigenvalue weighted by Crippen LogP contribution is -2.42. The molecule has 1 saturated carbocycles. The van der Waals surface area contributed by atoms with E-state index >= 15 is 0 Å². The van der Waals surface area contributed by atoms with E-state index < -0.39 is 11.7 Å². The van der Waals surface area contributed by atoms with Crippen molar-refractivity contribution in [1.82, 2.24) is 0 Å². The molecule has 1 fully saturated rings. The van der Waals surface area contributed by atoms with Crippen molar-refractivity contribution in [3.8, 4) is 0 Å². The number of benzene rings is 1. The van der Waals surface area contributed by atoms with Crippen LogP contribution >= 0.6 is 15.9 Å². The van der Waals surface area contributed by atoms with Crippen molar-refractivity contribution < 1.29 is 13.2 Å². The van der Waals surface area contributed by atoms with E-state index in [1.54, 1.807) is 6.07 Å². The Morgan fingerprint density at radius 1 is 1.21 bits per heavy atom. The van der Waals surface area contributed by atoms with Crippen LogP contribution in [0.4, 0.5) is 18.9 Å². The molecule has 0 heterocycles. The zero-order valence-corrected chi connectivity index (χ0v) is 11.9. The molecule has 0 spiro atoms. The predicted octanol–water partition coefficient (Wildman–Crippen LogP) is 4.15. The number of nitrogens with two attached hydrogens (primary N) is 1. The normalized spacial score (nSPS) is 24.3. The van der Waals surface area contributed by atoms with Crippen molar-refractivity contribution in [3.63, 3.8) is 0 Å². The highest BCUT2D eigenvalue weighted by Crippen LogP contribution is 2.37. The van der Waals surface area contributed by atoms with E-state index in [0.717, 1.165) is 31.7 Å². The number of nitrogens with one attached hydrogen (secondary N) is 1. The quantitative estimate of drug-likeness (QED) is 0.851. The van der Waals surface area contributed by atoms with Crippen LogP contribution in [0.25, 0.3) is 0 Å². The van der Waals surface area contributed by atoms with Crippen molar-refractivity contribution in [1.29, 1.82) is 0 Å². The van der Waals surface area contributed by atoms with Crippen LogP contribution in [0, 0.1) is 0 Å². The van der Waals surface area contributed by atoms with Gasteiger partial charge in [-0.1, -0.05) is 28.8 Å². The lowest BCUT2D eigenvalue weighted by molar-refractivity contribution is -0.137. The molecular formula is C13H16BrF3N2. The molecule has 1 aromatic rings. The first-order valence-electron chi connectivity index (χ1n) is 6.27. The number of anilines is 1. The van der Waals surface area contributed by atoms with Crippen molar-refractivity contribution in [2.45, 2.75) is 43.9 Å². The third-order valence-electron chi connectivity index (χ3n) is 3.45. The molecule has 0 saturated heterocycles. The van der Waals surface area contributed by atoms with Gasteiger partial charge >= 0.3 is 6.18 Å². The molecule has 0 aromatic heterocycles. The van der Waals surface area contributed by atoms with Gasteiger partial charge in [0, 0.05) is 22.2 Å². The first kappa shape index (κ1) is 14.7. The Balaban J connectivity index is 2.24. The van der Waals surface area contributed by atoms with Gasteiger partial charge in [-0.05, 0) is 31.0 Å². The summed E-state index contributed by atoms with van der Waals surface area (Å²) in [6.45, 7) is 0. The summed E-state index contributed by atoms with van der Waals surface area (Å²) in [6.07, 6.45) is -0.649. The van der Waals surface area contributed by atoms with Gasteiger partial charge in [0.15, 0.2) is 0 Å². The van der Waals surface area contributed by atoms with Gasteiger partial charge in [-0.15, -0.1) is 0 Å². The first-order valence-corrected chi connectivity index (χ1v) is 7.06. The van der Waals surface area contributed by atoms with Crippen molar-refractivity contribution in [2.24, 2.45) is 5.73 Å². The minimum atomic E-state index is -4.37. The maximum Gasteiger partial charge on any atom is 0.418 e. The van der Waals surface area contributed by atoms with Crippen LogP contribution in [-0.2, 0) is 6.18 Å². The lowest BCUT2D eigenvalue weighted by Gasteiger charge is -2.31. The summed E-state index contributed by atoms with van der Waals surface area (Å²) in [7, 11) is 0. The van der Waals surface area contributed by atoms with Gasteiger partial charge in [0.1, 0.15) is 0 Å². The average Bonchev–Trinajstić information content (AvgIpc) is 2.33. The molecule has 0 unspecified atom stereocenters. The highest BCUT2D eigenvalue weighted by Gasteiger charge is 2.34. The van der Waals surface area contributed by atoms with Crippen LogP contribution in [0.1, 0.15) is 31.2 Å². The molecule has 2 atom stereocenters. The van der Waals surface area contributed by atoms with Crippen LogP contribution in [0.5, 0.6) is 0 Å². The Bertz CT molecular complexity index is 448. The van der Waals surface area contributed by atoms with Crippen LogP contribution in [0.3, 0.4) is 0 Å². The summed E-state index contributed by atoms with van der Waals surface area (Å²) in [5.41, 5.74) is 5.42. The SMILES string of the molecule is N[C@@H]1CCCC[C@H]1Nc1ccc(Br)cc1C(F)(F)F. The molecule has 1 aliphatic carbocycles. The molecule has 6 heteroatoms. The zero-order chi connectivity index (χ0) is 14.0. The van der Waals surface area contributed by atoms with E-state index in [1.807, 2.05) is 0 Å². The Kier molecular flexibility index (Phi) is 4.40. The van der Waals surface area contributed by atoms with Gasteiger partial charge in [-0.2, -0.15) is 13.2 Å². The number of halogens is 4. The first-order chi connectivity index (χ1) is 8.88. The fourth-order valence-electron chi connectivity index (χ4n) is 2.42. The molecule has 0 radical (unpaired) electrons. The van der Waals surface area contributed by atoms with Gasteiger partial charge in [-0.3, -0.25) is 0 Å². The Morgan fingerprint density at radius 3 is 2.53 bits per heavy atom. The molecule has 0 amide bonds. The maximum atomic E-state index is 13.0. The van der Waals surface area contributed by atoms with Gasteiger partial charge in [0.2, 0.25) is 0 Å². The fourth-order valence-corrected chi connectivity index (χ4v) is 2.78. The molecule has 0 aliphatic heterocycles. The lowest BCUT2D eigenvalue weighted by atomic mass is 9.90. The molecule has 1 aliphatic rings. The minimum absolute atomic E-state index is 0.0847. The summed E-state index contributed by atoms with van der Waals surface area (Å²) in [5.74, 6) is 0. The second-order valence-corrected chi connectivity index (χ2v) is 5.80. The molecule has 3 N–H and O–H groups in total. The predicted molar refractivity (Wildman–Crippen MR) is 73.0 cm³/mol. The highest BCUT2D eigenvalue weighted by molar-refractivity contribution is 9.10. The largest absolute Gasteiger partial charge is 0.418 e. The Morgan fingerprint density at radius 2 is 1.89 bits per heavy atom. The van der Waals surface area contributed by atoms with Crippen molar-refractivity contribution in [2.75, 3.05) is 5.32 Å². The number of rotatable bonds is 2. The molecule has 2 rings (SSSR count). The highest BCUT2D eigenvalue weighted by atomic mass is 79.9. The number of hydrogen-bond donors (Lipinski definition) is 2. The van der Waals surface area contributed by atoms with Crippen LogP contribution in [0.2, 0.25) is 0 Å². The van der Waals surface area contributed by atoms with Crippen molar-refractivity contribution >= 4 is 21.6 Å². The Labute approximate surface area is 118 Å². The summed E-state index contributed by atoms with van der Waals surface area (Å²) < 4.78 is 39.4. The van der Waals surface area contributed by atoms with E-state index in [4.69, 9.17) is 5.73 Å².